The van der Waals surface area contributed by atoms with Gasteiger partial charge in [0, 0.05) is 13.7 Å². The van der Waals surface area contributed by atoms with Crippen LogP contribution < -0.4 is 0 Å². The van der Waals surface area contributed by atoms with E-state index in [1.165, 1.54) is 19.3 Å². The van der Waals surface area contributed by atoms with Gasteiger partial charge in [-0.3, -0.25) is 0 Å². The van der Waals surface area contributed by atoms with Crippen LogP contribution in [-0.4, -0.2) is 13.7 Å². The maximum absolute atomic E-state index is 4.91. The molecule has 1 fully saturated rings. The van der Waals surface area contributed by atoms with E-state index in [1.54, 1.807) is 7.11 Å². The highest BCUT2D eigenvalue weighted by Gasteiger charge is 2.20. The molecule has 0 amide bonds. The summed E-state index contributed by atoms with van der Waals surface area (Å²) in [6.07, 6.45) is 6.28. The molecule has 0 N–H and O–H groups in total. The first-order valence-electron chi connectivity index (χ1n) is 3.26. The summed E-state index contributed by atoms with van der Waals surface area (Å²) in [6.45, 7) is 0.935. The molecule has 1 atom stereocenters. The van der Waals surface area contributed by atoms with Gasteiger partial charge in [0.15, 0.2) is 0 Å². The molecule has 0 aromatic rings. The second-order valence-electron chi connectivity index (χ2n) is 2.37. The first-order valence-corrected chi connectivity index (χ1v) is 3.26. The van der Waals surface area contributed by atoms with Gasteiger partial charge in [0.1, 0.15) is 0 Å². The molecule has 8 heavy (non-hydrogen) atoms. The van der Waals surface area contributed by atoms with Gasteiger partial charge in [-0.15, -0.1) is 0 Å². The molecule has 1 saturated carbocycles. The Labute approximate surface area is 51.0 Å². The highest BCUT2D eigenvalue weighted by molar-refractivity contribution is 4.93. The molecule has 47 valence electrons. The Morgan fingerprint density at radius 2 is 2.50 bits per heavy atom. The average Bonchev–Trinajstić information content (AvgIpc) is 2.51. The minimum absolute atomic E-state index is 0.935. The third kappa shape index (κ3) is 2.31. The van der Waals surface area contributed by atoms with E-state index < -0.39 is 0 Å². The van der Waals surface area contributed by atoms with E-state index in [9.17, 15) is 0 Å². The number of rotatable bonds is 4. The largest absolute Gasteiger partial charge is 0.385 e. The van der Waals surface area contributed by atoms with Crippen LogP contribution in [0.2, 0.25) is 0 Å². The van der Waals surface area contributed by atoms with Crippen molar-refractivity contribution in [2.75, 3.05) is 13.7 Å². The van der Waals surface area contributed by atoms with Crippen LogP contribution in [0.3, 0.4) is 0 Å². The van der Waals surface area contributed by atoms with Gasteiger partial charge in [-0.25, -0.2) is 0 Å². The Morgan fingerprint density at radius 3 is 3.00 bits per heavy atom. The van der Waals surface area contributed by atoms with Crippen molar-refractivity contribution < 1.29 is 4.74 Å². The number of methoxy groups -OCH3 is 1. The predicted octanol–water partition coefficient (Wildman–Crippen LogP) is 1.64. The second kappa shape index (κ2) is 3.08. The van der Waals surface area contributed by atoms with Gasteiger partial charge >= 0.3 is 0 Å². The molecule has 1 radical (unpaired) electrons. The van der Waals surface area contributed by atoms with Crippen molar-refractivity contribution in [1.82, 2.24) is 0 Å². The Morgan fingerprint density at radius 1 is 1.75 bits per heavy atom. The third-order valence-corrected chi connectivity index (χ3v) is 1.49. The van der Waals surface area contributed by atoms with Crippen LogP contribution in [0.1, 0.15) is 19.3 Å². The van der Waals surface area contributed by atoms with Crippen LogP contribution >= 0.6 is 0 Å². The number of ether oxygens (including phenoxy) is 1. The zero-order valence-corrected chi connectivity index (χ0v) is 5.39. The lowest BCUT2D eigenvalue weighted by Crippen LogP contribution is -1.88. The van der Waals surface area contributed by atoms with E-state index in [4.69, 9.17) is 4.74 Å². The van der Waals surface area contributed by atoms with Gasteiger partial charge in [0.2, 0.25) is 0 Å². The van der Waals surface area contributed by atoms with Gasteiger partial charge in [-0.1, -0.05) is 0 Å². The molecule has 0 spiro atoms. The zero-order chi connectivity index (χ0) is 5.82. The SMILES string of the molecule is COCCCC1[CH]C1. The minimum atomic E-state index is 0.935. The lowest BCUT2D eigenvalue weighted by Gasteiger charge is -1.94. The van der Waals surface area contributed by atoms with Crippen LogP contribution in [0.25, 0.3) is 0 Å². The topological polar surface area (TPSA) is 9.23 Å². The van der Waals surface area contributed by atoms with Gasteiger partial charge < -0.3 is 4.74 Å². The summed E-state index contributed by atoms with van der Waals surface area (Å²) in [5, 5.41) is 0. The van der Waals surface area contributed by atoms with Crippen molar-refractivity contribution in [1.29, 1.82) is 0 Å². The summed E-state index contributed by atoms with van der Waals surface area (Å²) >= 11 is 0. The van der Waals surface area contributed by atoms with E-state index in [0.717, 1.165) is 12.5 Å². The zero-order valence-electron chi connectivity index (χ0n) is 5.39. The van der Waals surface area contributed by atoms with Crippen molar-refractivity contribution in [2.24, 2.45) is 5.92 Å². The van der Waals surface area contributed by atoms with Crippen molar-refractivity contribution in [3.63, 3.8) is 0 Å². The molecule has 0 saturated heterocycles. The van der Waals surface area contributed by atoms with E-state index in [-0.39, 0.29) is 0 Å². The third-order valence-electron chi connectivity index (χ3n) is 1.49. The van der Waals surface area contributed by atoms with E-state index >= 15 is 0 Å². The molecule has 0 aliphatic heterocycles. The molecule has 0 aromatic heterocycles. The molecule has 0 bridgehead atoms. The number of hydrogen-bond acceptors (Lipinski definition) is 1. The van der Waals surface area contributed by atoms with Crippen LogP contribution in [0.4, 0.5) is 0 Å². The van der Waals surface area contributed by atoms with Crippen molar-refractivity contribution in [2.45, 2.75) is 19.3 Å². The molecule has 1 aliphatic rings. The Hall–Kier alpha value is -0.0400. The standard InChI is InChI=1S/C7H13O/c1-8-6-2-3-7-4-5-7/h4,7H,2-3,5-6H2,1H3. The number of hydrogen-bond donors (Lipinski definition) is 0. The fraction of sp³-hybridized carbons (Fsp3) is 0.857. The van der Waals surface area contributed by atoms with Crippen molar-refractivity contribution >= 4 is 0 Å². The molecule has 0 aromatic carbocycles. The first-order chi connectivity index (χ1) is 3.93. The lowest BCUT2D eigenvalue weighted by molar-refractivity contribution is 0.191. The molecule has 1 unspecified atom stereocenters. The quantitative estimate of drug-likeness (QED) is 0.503. The summed E-state index contributed by atoms with van der Waals surface area (Å²) in [5.41, 5.74) is 0. The molecule has 1 aliphatic carbocycles. The lowest BCUT2D eigenvalue weighted by atomic mass is 10.2. The fourth-order valence-electron chi connectivity index (χ4n) is 0.822. The van der Waals surface area contributed by atoms with Crippen LogP contribution in [-0.2, 0) is 4.74 Å². The normalized spacial score (nSPS) is 19.1. The maximum Gasteiger partial charge on any atom is 0.0462 e. The molecule has 0 heterocycles. The summed E-state index contributed by atoms with van der Waals surface area (Å²) in [6, 6.07) is 0. The Kier molecular flexibility index (Phi) is 2.34. The van der Waals surface area contributed by atoms with E-state index in [0.29, 0.717) is 0 Å². The van der Waals surface area contributed by atoms with Crippen LogP contribution in [0, 0.1) is 12.3 Å². The van der Waals surface area contributed by atoms with Crippen molar-refractivity contribution in [3.8, 4) is 0 Å². The van der Waals surface area contributed by atoms with Gasteiger partial charge in [-0.05, 0) is 31.6 Å². The van der Waals surface area contributed by atoms with Gasteiger partial charge in [0.05, 0.1) is 0 Å². The summed E-state index contributed by atoms with van der Waals surface area (Å²) in [7, 11) is 1.76. The van der Waals surface area contributed by atoms with Gasteiger partial charge in [0.25, 0.3) is 0 Å². The second-order valence-corrected chi connectivity index (χ2v) is 2.37. The maximum atomic E-state index is 4.91. The average molecular weight is 113 g/mol. The van der Waals surface area contributed by atoms with Crippen molar-refractivity contribution in [3.05, 3.63) is 6.42 Å². The monoisotopic (exact) mass is 113 g/mol. The van der Waals surface area contributed by atoms with Crippen LogP contribution in [0.15, 0.2) is 0 Å². The van der Waals surface area contributed by atoms with E-state index in [1.807, 2.05) is 0 Å². The van der Waals surface area contributed by atoms with Crippen LogP contribution in [0.5, 0.6) is 0 Å². The summed E-state index contributed by atoms with van der Waals surface area (Å²) < 4.78 is 4.91. The molecule has 1 nitrogen and oxygen atoms in total. The van der Waals surface area contributed by atoms with E-state index in [2.05, 4.69) is 6.42 Å². The molecule has 1 heteroatoms. The Bertz CT molecular complexity index is 57.4. The smallest absolute Gasteiger partial charge is 0.0462 e. The predicted molar refractivity (Wildman–Crippen MR) is 33.5 cm³/mol. The first kappa shape index (κ1) is 6.09. The molecular formula is C7H13O. The highest BCUT2D eigenvalue weighted by atomic mass is 16.5. The summed E-state index contributed by atoms with van der Waals surface area (Å²) in [5.74, 6) is 0.949. The minimum Gasteiger partial charge on any atom is -0.385 e. The molecule has 1 rings (SSSR count). The Balaban J connectivity index is 1.74. The summed E-state index contributed by atoms with van der Waals surface area (Å²) in [4.78, 5) is 0. The fourth-order valence-corrected chi connectivity index (χ4v) is 0.822. The van der Waals surface area contributed by atoms with Gasteiger partial charge in [-0.2, -0.15) is 0 Å². The molecular weight excluding hydrogens is 100 g/mol. The highest BCUT2D eigenvalue weighted by Crippen LogP contribution is 2.31.